The van der Waals surface area contributed by atoms with Crippen molar-refractivity contribution in [2.75, 3.05) is 0 Å². The number of carbonyl (C=O) groups is 1. The van der Waals surface area contributed by atoms with Crippen molar-refractivity contribution in [3.05, 3.63) is 71.1 Å². The number of amides is 1. The van der Waals surface area contributed by atoms with Gasteiger partial charge in [0.1, 0.15) is 0 Å². The van der Waals surface area contributed by atoms with Crippen LogP contribution in [0.1, 0.15) is 15.9 Å². The molecule has 0 aliphatic rings. The van der Waals surface area contributed by atoms with Crippen LogP contribution >= 0.6 is 11.3 Å². The highest BCUT2D eigenvalue weighted by atomic mass is 32.1. The van der Waals surface area contributed by atoms with Crippen molar-refractivity contribution in [2.45, 2.75) is 6.54 Å². The van der Waals surface area contributed by atoms with E-state index in [4.69, 9.17) is 0 Å². The van der Waals surface area contributed by atoms with Gasteiger partial charge in [0.25, 0.3) is 5.91 Å². The van der Waals surface area contributed by atoms with Crippen LogP contribution in [0.4, 0.5) is 0 Å². The fourth-order valence-corrected chi connectivity index (χ4v) is 2.76. The number of carbonyl (C=O) groups excluding carboxylic acids is 1. The van der Waals surface area contributed by atoms with Crippen molar-refractivity contribution in [1.29, 1.82) is 0 Å². The molecule has 0 aliphatic carbocycles. The minimum atomic E-state index is -0.0306. The van der Waals surface area contributed by atoms with E-state index in [0.29, 0.717) is 12.1 Å². The van der Waals surface area contributed by atoms with E-state index in [9.17, 15) is 4.79 Å². The number of hydrogen-bond donors (Lipinski definition) is 1. The number of rotatable bonds is 3. The lowest BCUT2D eigenvalue weighted by molar-refractivity contribution is 0.0951. The van der Waals surface area contributed by atoms with Gasteiger partial charge in [0.2, 0.25) is 0 Å². The molecule has 0 radical (unpaired) electrons. The average molecular weight is 267 g/mol. The normalized spacial score (nSPS) is 10.5. The quantitative estimate of drug-likeness (QED) is 0.767. The van der Waals surface area contributed by atoms with E-state index >= 15 is 0 Å². The predicted molar refractivity (Wildman–Crippen MR) is 79.4 cm³/mol. The summed E-state index contributed by atoms with van der Waals surface area (Å²) in [6, 6.07) is 17.8. The van der Waals surface area contributed by atoms with Gasteiger partial charge in [0, 0.05) is 16.8 Å². The van der Waals surface area contributed by atoms with Gasteiger partial charge in [-0.15, -0.1) is 11.3 Å². The molecule has 1 amide bonds. The van der Waals surface area contributed by atoms with E-state index in [1.807, 2.05) is 60.0 Å². The number of fused-ring (bicyclic) bond motifs is 1. The van der Waals surface area contributed by atoms with Gasteiger partial charge in [-0.25, -0.2) is 0 Å². The van der Waals surface area contributed by atoms with Crippen LogP contribution in [0.3, 0.4) is 0 Å². The maximum Gasteiger partial charge on any atom is 0.251 e. The van der Waals surface area contributed by atoms with Crippen LogP contribution < -0.4 is 5.32 Å². The molecule has 0 fully saturated rings. The minimum absolute atomic E-state index is 0.0306. The summed E-state index contributed by atoms with van der Waals surface area (Å²) in [5.74, 6) is -0.0306. The summed E-state index contributed by atoms with van der Waals surface area (Å²) in [6.07, 6.45) is 0. The molecule has 0 bridgehead atoms. The average Bonchev–Trinajstić information content (AvgIpc) is 2.93. The molecule has 1 aromatic heterocycles. The van der Waals surface area contributed by atoms with E-state index in [2.05, 4.69) is 5.32 Å². The molecule has 3 heteroatoms. The molecule has 0 saturated carbocycles. The lowest BCUT2D eigenvalue weighted by Gasteiger charge is -2.05. The summed E-state index contributed by atoms with van der Waals surface area (Å²) in [7, 11) is 0. The first kappa shape index (κ1) is 11.9. The Kier molecular flexibility index (Phi) is 3.29. The Bertz CT molecular complexity index is 703. The Morgan fingerprint density at radius 1 is 1.05 bits per heavy atom. The van der Waals surface area contributed by atoms with Crippen molar-refractivity contribution in [3.8, 4) is 0 Å². The van der Waals surface area contributed by atoms with Crippen molar-refractivity contribution >= 4 is 27.3 Å². The zero-order valence-electron chi connectivity index (χ0n) is 10.3. The number of benzene rings is 2. The Morgan fingerprint density at radius 2 is 1.89 bits per heavy atom. The molecule has 0 spiro atoms. The van der Waals surface area contributed by atoms with Gasteiger partial charge in [-0.2, -0.15) is 0 Å². The van der Waals surface area contributed by atoms with Crippen LogP contribution in [0.5, 0.6) is 0 Å². The predicted octanol–water partition coefficient (Wildman–Crippen LogP) is 3.83. The number of hydrogen-bond acceptors (Lipinski definition) is 2. The van der Waals surface area contributed by atoms with Gasteiger partial charge in [-0.1, -0.05) is 30.3 Å². The largest absolute Gasteiger partial charge is 0.348 e. The summed E-state index contributed by atoms with van der Waals surface area (Å²) >= 11 is 1.69. The van der Waals surface area contributed by atoms with Crippen LogP contribution in [0, 0.1) is 0 Å². The van der Waals surface area contributed by atoms with E-state index in [-0.39, 0.29) is 5.91 Å². The van der Waals surface area contributed by atoms with Gasteiger partial charge in [-0.3, -0.25) is 4.79 Å². The molecule has 0 unspecified atom stereocenters. The SMILES string of the molecule is O=C(NCc1ccccc1)c1ccc2sccc2c1. The van der Waals surface area contributed by atoms with Crippen LogP contribution in [-0.2, 0) is 6.54 Å². The molecule has 3 rings (SSSR count). The summed E-state index contributed by atoms with van der Waals surface area (Å²) < 4.78 is 1.21. The maximum atomic E-state index is 12.1. The van der Waals surface area contributed by atoms with Crippen molar-refractivity contribution in [1.82, 2.24) is 5.32 Å². The van der Waals surface area contributed by atoms with Gasteiger partial charge in [0.05, 0.1) is 0 Å². The van der Waals surface area contributed by atoms with E-state index in [1.165, 1.54) is 4.70 Å². The van der Waals surface area contributed by atoms with Crippen LogP contribution in [-0.4, -0.2) is 5.91 Å². The molecule has 1 N–H and O–H groups in total. The summed E-state index contributed by atoms with van der Waals surface area (Å²) in [5.41, 5.74) is 1.81. The molecule has 0 saturated heterocycles. The molecule has 3 aromatic rings. The lowest BCUT2D eigenvalue weighted by Crippen LogP contribution is -2.22. The Labute approximate surface area is 115 Å². The van der Waals surface area contributed by atoms with Crippen LogP contribution in [0.25, 0.3) is 10.1 Å². The van der Waals surface area contributed by atoms with Crippen molar-refractivity contribution < 1.29 is 4.79 Å². The molecule has 2 nitrogen and oxygen atoms in total. The van der Waals surface area contributed by atoms with Gasteiger partial charge in [0.15, 0.2) is 0 Å². The highest BCUT2D eigenvalue weighted by Crippen LogP contribution is 2.21. The second kappa shape index (κ2) is 5.24. The summed E-state index contributed by atoms with van der Waals surface area (Å²) in [5, 5.41) is 6.10. The topological polar surface area (TPSA) is 29.1 Å². The molecular formula is C16H13NOS. The first-order valence-electron chi connectivity index (χ1n) is 6.12. The zero-order chi connectivity index (χ0) is 13.1. The summed E-state index contributed by atoms with van der Waals surface area (Å²) in [4.78, 5) is 12.1. The smallest absolute Gasteiger partial charge is 0.251 e. The second-order valence-corrected chi connectivity index (χ2v) is 5.29. The highest BCUT2D eigenvalue weighted by Gasteiger charge is 2.06. The van der Waals surface area contributed by atoms with Gasteiger partial charge in [-0.05, 0) is 40.6 Å². The summed E-state index contributed by atoms with van der Waals surface area (Å²) in [6.45, 7) is 0.557. The maximum absolute atomic E-state index is 12.1. The fourth-order valence-electron chi connectivity index (χ4n) is 1.99. The van der Waals surface area contributed by atoms with E-state index < -0.39 is 0 Å². The Balaban J connectivity index is 1.73. The molecule has 19 heavy (non-hydrogen) atoms. The van der Waals surface area contributed by atoms with Crippen molar-refractivity contribution in [3.63, 3.8) is 0 Å². The van der Waals surface area contributed by atoms with Crippen LogP contribution in [0.2, 0.25) is 0 Å². The van der Waals surface area contributed by atoms with Gasteiger partial charge >= 0.3 is 0 Å². The minimum Gasteiger partial charge on any atom is -0.348 e. The Hall–Kier alpha value is -2.13. The fraction of sp³-hybridized carbons (Fsp3) is 0.0625. The standard InChI is InChI=1S/C16H13NOS/c18-16(17-11-12-4-2-1-3-5-12)14-6-7-15-13(10-14)8-9-19-15/h1-10H,11H2,(H,17,18). The molecule has 0 aliphatic heterocycles. The van der Waals surface area contributed by atoms with E-state index in [1.54, 1.807) is 11.3 Å². The molecular weight excluding hydrogens is 254 g/mol. The first-order valence-corrected chi connectivity index (χ1v) is 7.00. The Morgan fingerprint density at radius 3 is 2.74 bits per heavy atom. The number of thiophene rings is 1. The molecule has 2 aromatic carbocycles. The second-order valence-electron chi connectivity index (χ2n) is 4.34. The number of nitrogens with one attached hydrogen (secondary N) is 1. The van der Waals surface area contributed by atoms with Crippen LogP contribution in [0.15, 0.2) is 60.0 Å². The zero-order valence-corrected chi connectivity index (χ0v) is 11.1. The molecule has 94 valence electrons. The molecule has 0 atom stereocenters. The third-order valence-corrected chi connectivity index (χ3v) is 3.91. The van der Waals surface area contributed by atoms with E-state index in [0.717, 1.165) is 10.9 Å². The third kappa shape index (κ3) is 2.66. The third-order valence-electron chi connectivity index (χ3n) is 3.01. The van der Waals surface area contributed by atoms with Gasteiger partial charge < -0.3 is 5.32 Å². The first-order chi connectivity index (χ1) is 9.33. The monoisotopic (exact) mass is 267 g/mol. The highest BCUT2D eigenvalue weighted by molar-refractivity contribution is 7.17. The lowest BCUT2D eigenvalue weighted by atomic mass is 10.1. The van der Waals surface area contributed by atoms with Crippen molar-refractivity contribution in [2.24, 2.45) is 0 Å². The molecule has 1 heterocycles.